The van der Waals surface area contributed by atoms with Gasteiger partial charge in [0.2, 0.25) is 17.6 Å². The van der Waals surface area contributed by atoms with Crippen molar-refractivity contribution in [1.82, 2.24) is 4.90 Å². The van der Waals surface area contributed by atoms with Gasteiger partial charge in [0, 0.05) is 12.6 Å². The lowest BCUT2D eigenvalue weighted by Gasteiger charge is -2.21. The predicted molar refractivity (Wildman–Crippen MR) is 110 cm³/mol. The molecule has 0 radical (unpaired) electrons. The number of benzene rings is 2. The van der Waals surface area contributed by atoms with Gasteiger partial charge in [-0.2, -0.15) is 0 Å². The predicted octanol–water partition coefficient (Wildman–Crippen LogP) is 3.25. The molecule has 2 aromatic carbocycles. The van der Waals surface area contributed by atoms with Crippen molar-refractivity contribution < 1.29 is 32.6 Å². The smallest absolute Gasteiger partial charge is 0.247 e. The quantitative estimate of drug-likeness (QED) is 0.680. The number of ether oxygens (including phenoxy) is 3. The molecule has 2 aromatic rings. The van der Waals surface area contributed by atoms with E-state index in [0.29, 0.717) is 36.0 Å². The van der Waals surface area contributed by atoms with E-state index < -0.39 is 29.1 Å². The van der Waals surface area contributed by atoms with Gasteiger partial charge in [0.05, 0.1) is 7.11 Å². The molecule has 1 heterocycles. The fraction of sp³-hybridized carbons (Fsp3) is 0.273. The molecular formula is C22H22F2N2O5. The first-order valence-corrected chi connectivity index (χ1v) is 9.61. The topological polar surface area (TPSA) is 77.1 Å². The fourth-order valence-electron chi connectivity index (χ4n) is 2.98. The van der Waals surface area contributed by atoms with Crippen LogP contribution in [0.5, 0.6) is 17.2 Å². The Morgan fingerprint density at radius 2 is 1.90 bits per heavy atom. The SMILES string of the molecule is CCN(CC(=O)Nc1c(F)cccc1F)C(=O)/C=C/c1cc(OC)c2c(c1)OCCO2. The minimum absolute atomic E-state index is 0.223. The number of fused-ring (bicyclic) bond motifs is 1. The number of anilines is 1. The highest BCUT2D eigenvalue weighted by Gasteiger charge is 2.19. The summed E-state index contributed by atoms with van der Waals surface area (Å²) in [6.07, 6.45) is 2.85. The second kappa shape index (κ2) is 9.92. The van der Waals surface area contributed by atoms with E-state index in [0.717, 1.165) is 12.1 Å². The van der Waals surface area contributed by atoms with Crippen molar-refractivity contribution in [3.63, 3.8) is 0 Å². The van der Waals surface area contributed by atoms with Crippen molar-refractivity contribution in [3.05, 3.63) is 53.6 Å². The minimum atomic E-state index is -0.893. The second-order valence-electron chi connectivity index (χ2n) is 6.58. The Morgan fingerprint density at radius 1 is 1.19 bits per heavy atom. The van der Waals surface area contributed by atoms with Crippen LogP contribution in [-0.2, 0) is 9.59 Å². The molecule has 9 heteroatoms. The van der Waals surface area contributed by atoms with Gasteiger partial charge in [0.25, 0.3) is 0 Å². The van der Waals surface area contributed by atoms with Gasteiger partial charge in [-0.3, -0.25) is 9.59 Å². The largest absolute Gasteiger partial charge is 0.493 e. The molecular weight excluding hydrogens is 410 g/mol. The van der Waals surface area contributed by atoms with E-state index >= 15 is 0 Å². The van der Waals surface area contributed by atoms with Gasteiger partial charge in [-0.25, -0.2) is 8.78 Å². The van der Waals surface area contributed by atoms with E-state index in [1.807, 2.05) is 0 Å². The van der Waals surface area contributed by atoms with Crippen LogP contribution in [0.15, 0.2) is 36.4 Å². The van der Waals surface area contributed by atoms with Crippen molar-refractivity contribution in [2.24, 2.45) is 0 Å². The molecule has 0 saturated carbocycles. The van der Waals surface area contributed by atoms with E-state index in [1.165, 1.54) is 24.2 Å². The first-order valence-electron chi connectivity index (χ1n) is 9.61. The molecule has 0 spiro atoms. The lowest BCUT2D eigenvalue weighted by molar-refractivity contribution is -0.130. The highest BCUT2D eigenvalue weighted by Crippen LogP contribution is 2.40. The molecule has 1 aliphatic rings. The van der Waals surface area contributed by atoms with Gasteiger partial charge in [-0.15, -0.1) is 0 Å². The first kappa shape index (κ1) is 22.1. The van der Waals surface area contributed by atoms with Gasteiger partial charge >= 0.3 is 0 Å². The lowest BCUT2D eigenvalue weighted by Crippen LogP contribution is -2.37. The third kappa shape index (κ3) is 5.30. The number of rotatable bonds is 7. The van der Waals surface area contributed by atoms with Crippen LogP contribution in [-0.4, -0.2) is 50.1 Å². The van der Waals surface area contributed by atoms with Gasteiger partial charge in [-0.05, 0) is 42.8 Å². The summed E-state index contributed by atoms with van der Waals surface area (Å²) in [6.45, 7) is 2.37. The number of halogens is 2. The fourth-order valence-corrected chi connectivity index (χ4v) is 2.98. The second-order valence-corrected chi connectivity index (χ2v) is 6.58. The van der Waals surface area contributed by atoms with Crippen LogP contribution in [0.1, 0.15) is 12.5 Å². The number of carbonyl (C=O) groups excluding carboxylic acids is 2. The van der Waals surface area contributed by atoms with E-state index in [-0.39, 0.29) is 13.1 Å². The van der Waals surface area contributed by atoms with Gasteiger partial charge in [-0.1, -0.05) is 6.07 Å². The Hall–Kier alpha value is -3.62. The van der Waals surface area contributed by atoms with Gasteiger partial charge in [0.1, 0.15) is 37.1 Å². The normalized spacial score (nSPS) is 12.5. The average Bonchev–Trinajstić information content (AvgIpc) is 2.77. The molecule has 0 saturated heterocycles. The Morgan fingerprint density at radius 3 is 2.58 bits per heavy atom. The maximum absolute atomic E-state index is 13.7. The standard InChI is InChI=1S/C22H22F2N2O5/c1-3-26(13-19(27)25-21-15(23)5-4-6-16(21)24)20(28)8-7-14-11-17(29-2)22-18(12-14)30-9-10-31-22/h4-8,11-12H,3,9-10,13H2,1-2H3,(H,25,27)/b8-7+. The maximum Gasteiger partial charge on any atom is 0.247 e. The number of hydrogen-bond acceptors (Lipinski definition) is 5. The molecule has 0 atom stereocenters. The molecule has 2 amide bonds. The van der Waals surface area contributed by atoms with E-state index in [1.54, 1.807) is 25.1 Å². The highest BCUT2D eigenvalue weighted by atomic mass is 19.1. The molecule has 31 heavy (non-hydrogen) atoms. The number of nitrogens with one attached hydrogen (secondary N) is 1. The van der Waals surface area contributed by atoms with Crippen LogP contribution in [0, 0.1) is 11.6 Å². The summed E-state index contributed by atoms with van der Waals surface area (Å²) in [6, 6.07) is 6.67. The van der Waals surface area contributed by atoms with Crippen LogP contribution in [0.2, 0.25) is 0 Å². The third-order valence-electron chi connectivity index (χ3n) is 4.52. The molecule has 0 aromatic heterocycles. The van der Waals surface area contributed by atoms with E-state index in [2.05, 4.69) is 5.32 Å². The number of para-hydroxylation sites is 1. The monoisotopic (exact) mass is 432 g/mol. The van der Waals surface area contributed by atoms with Crippen LogP contribution in [0.4, 0.5) is 14.5 Å². The number of hydrogen-bond donors (Lipinski definition) is 1. The Kier molecular flexibility index (Phi) is 7.07. The maximum atomic E-state index is 13.7. The van der Waals surface area contributed by atoms with Crippen molar-refractivity contribution in [3.8, 4) is 17.2 Å². The molecule has 0 unspecified atom stereocenters. The van der Waals surface area contributed by atoms with Crippen LogP contribution < -0.4 is 19.5 Å². The lowest BCUT2D eigenvalue weighted by atomic mass is 10.1. The summed E-state index contributed by atoms with van der Waals surface area (Å²) < 4.78 is 43.8. The molecule has 3 rings (SSSR count). The van der Waals surface area contributed by atoms with Crippen molar-refractivity contribution >= 4 is 23.6 Å². The molecule has 1 aliphatic heterocycles. The Labute approximate surface area is 178 Å². The third-order valence-corrected chi connectivity index (χ3v) is 4.52. The number of nitrogens with zero attached hydrogens (tertiary/aromatic N) is 1. The number of likely N-dealkylation sites (N-methyl/N-ethyl adjacent to an activating group) is 1. The number of methoxy groups -OCH3 is 1. The zero-order valence-corrected chi connectivity index (χ0v) is 17.1. The van der Waals surface area contributed by atoms with Crippen molar-refractivity contribution in [1.29, 1.82) is 0 Å². The Bertz CT molecular complexity index is 972. The summed E-state index contributed by atoms with van der Waals surface area (Å²) in [5, 5.41) is 2.17. The minimum Gasteiger partial charge on any atom is -0.493 e. The molecule has 1 N–H and O–H groups in total. The Balaban J connectivity index is 1.68. The van der Waals surface area contributed by atoms with Crippen LogP contribution in [0.25, 0.3) is 6.08 Å². The molecule has 0 fully saturated rings. The molecule has 0 aliphatic carbocycles. The number of amides is 2. The van der Waals surface area contributed by atoms with Crippen molar-refractivity contribution in [2.45, 2.75) is 6.92 Å². The first-order chi connectivity index (χ1) is 14.9. The summed E-state index contributed by atoms with van der Waals surface area (Å²) in [4.78, 5) is 26.0. The zero-order valence-electron chi connectivity index (χ0n) is 17.1. The molecule has 0 bridgehead atoms. The zero-order chi connectivity index (χ0) is 22.4. The summed E-state index contributed by atoms with van der Waals surface area (Å²) in [5.74, 6) is -1.46. The number of carbonyl (C=O) groups is 2. The highest BCUT2D eigenvalue weighted by molar-refractivity contribution is 5.98. The molecule has 7 nitrogen and oxygen atoms in total. The average molecular weight is 432 g/mol. The summed E-state index contributed by atoms with van der Waals surface area (Å²) >= 11 is 0. The van der Waals surface area contributed by atoms with Gasteiger partial charge < -0.3 is 24.4 Å². The van der Waals surface area contributed by atoms with E-state index in [4.69, 9.17) is 14.2 Å². The summed E-state index contributed by atoms with van der Waals surface area (Å²) in [7, 11) is 1.50. The van der Waals surface area contributed by atoms with Crippen LogP contribution in [0.3, 0.4) is 0 Å². The van der Waals surface area contributed by atoms with E-state index in [9.17, 15) is 18.4 Å². The molecule has 164 valence electrons. The summed E-state index contributed by atoms with van der Waals surface area (Å²) in [5.41, 5.74) is 0.0956. The van der Waals surface area contributed by atoms with Crippen LogP contribution >= 0.6 is 0 Å². The van der Waals surface area contributed by atoms with Crippen molar-refractivity contribution in [2.75, 3.05) is 38.7 Å². The van der Waals surface area contributed by atoms with Gasteiger partial charge in [0.15, 0.2) is 11.5 Å².